The molecule has 0 N–H and O–H groups in total. The average Bonchev–Trinajstić information content (AvgIpc) is 3.87. The van der Waals surface area contributed by atoms with Crippen LogP contribution in [0.3, 0.4) is 0 Å². The van der Waals surface area contributed by atoms with Crippen LogP contribution in [0.15, 0.2) is 40.2 Å². The minimum absolute atomic E-state index is 0.00513. The lowest BCUT2D eigenvalue weighted by atomic mass is 9.86. The molecule has 282 valence electrons. The van der Waals surface area contributed by atoms with Crippen LogP contribution in [0.4, 0.5) is 22.0 Å². The number of aliphatic imine (C=N–C) groups is 1. The number of ether oxygens (including phenoxy) is 1. The summed E-state index contributed by atoms with van der Waals surface area (Å²) >= 11 is 0. The molecule has 52 heavy (non-hydrogen) atoms. The van der Waals surface area contributed by atoms with E-state index in [9.17, 15) is 27.6 Å². The normalized spacial score (nSPS) is 14.8. The van der Waals surface area contributed by atoms with Gasteiger partial charge in [-0.1, -0.05) is 31.5 Å². The van der Waals surface area contributed by atoms with Crippen molar-refractivity contribution in [2.75, 3.05) is 27.2 Å². The third kappa shape index (κ3) is 9.61. The fourth-order valence-electron chi connectivity index (χ4n) is 6.78. The van der Waals surface area contributed by atoms with Gasteiger partial charge in [-0.25, -0.2) is 13.8 Å². The summed E-state index contributed by atoms with van der Waals surface area (Å²) in [4.78, 5) is 45.8. The second kappa shape index (κ2) is 16.7. The Bertz CT molecular complexity index is 1870. The highest BCUT2D eigenvalue weighted by Crippen LogP contribution is 2.46. The van der Waals surface area contributed by atoms with Crippen LogP contribution < -0.4 is 5.56 Å². The predicted molar refractivity (Wildman–Crippen MR) is 192 cm³/mol. The molecule has 7 nitrogen and oxygen atoms in total. The van der Waals surface area contributed by atoms with Crippen LogP contribution in [0.25, 0.3) is 11.1 Å². The summed E-state index contributed by atoms with van der Waals surface area (Å²) in [5, 5.41) is 0. The molecule has 1 aliphatic rings. The van der Waals surface area contributed by atoms with Gasteiger partial charge >= 0.3 is 12.1 Å². The number of amides is 1. The van der Waals surface area contributed by atoms with Crippen LogP contribution in [0, 0.1) is 38.3 Å². The van der Waals surface area contributed by atoms with Crippen LogP contribution in [-0.4, -0.2) is 54.8 Å². The van der Waals surface area contributed by atoms with Crippen molar-refractivity contribution in [3.05, 3.63) is 91.4 Å². The van der Waals surface area contributed by atoms with Crippen molar-refractivity contribution >= 4 is 18.1 Å². The maximum Gasteiger partial charge on any atom is 0.416 e. The maximum absolute atomic E-state index is 16.8. The number of likely N-dealkylation sites (N-methyl/N-ethyl adjacent to an activating group) is 1. The zero-order valence-electron chi connectivity index (χ0n) is 31.1. The number of alkyl halides is 3. The number of aryl methyl sites for hydroxylation is 3. The minimum Gasteiger partial charge on any atom is -0.466 e. The zero-order valence-corrected chi connectivity index (χ0v) is 31.1. The van der Waals surface area contributed by atoms with Gasteiger partial charge < -0.3 is 14.2 Å². The topological polar surface area (TPSA) is 81.0 Å². The fraction of sp³-hybridized carbons (Fsp3) is 0.500. The largest absolute Gasteiger partial charge is 0.466 e. The van der Waals surface area contributed by atoms with Crippen molar-refractivity contribution in [2.24, 2.45) is 10.9 Å². The first-order chi connectivity index (χ1) is 24.3. The van der Waals surface area contributed by atoms with E-state index in [2.05, 4.69) is 4.99 Å². The molecule has 2 aromatic carbocycles. The number of carbonyl (C=O) groups excluding carboxylic acids is 2. The van der Waals surface area contributed by atoms with Gasteiger partial charge in [0.25, 0.3) is 11.5 Å². The molecule has 0 bridgehead atoms. The summed E-state index contributed by atoms with van der Waals surface area (Å²) in [6, 6.07) is 4.50. The summed E-state index contributed by atoms with van der Waals surface area (Å²) in [5.74, 6) is -5.13. The van der Waals surface area contributed by atoms with E-state index in [-0.39, 0.29) is 49.0 Å². The molecule has 1 fully saturated rings. The predicted octanol–water partition coefficient (Wildman–Crippen LogP) is 8.64. The number of hydrogen-bond acceptors (Lipinski definition) is 5. The number of esters is 1. The Kier molecular flexibility index (Phi) is 13.0. The fourth-order valence-corrected chi connectivity index (χ4v) is 6.78. The highest BCUT2D eigenvalue weighted by Gasteiger charge is 2.36. The Morgan fingerprint density at radius 1 is 1.04 bits per heavy atom. The van der Waals surface area contributed by atoms with E-state index in [0.717, 1.165) is 33.7 Å². The number of nitrogens with zero attached hydrogens (tertiary/aromatic N) is 3. The summed E-state index contributed by atoms with van der Waals surface area (Å²) < 4.78 is 81.3. The number of aromatic nitrogens is 1. The molecule has 3 aromatic rings. The SMILES string of the molecule is CCOC(=O)CC(/C=N/C(=O)C(CC(C)C)n1cc(CCN(C)C)c(C(F)(F)F)cc1=O)c1c(F)c(-c2c(C)cc(C)cc2C)cc(C2CC2)c1F. The zero-order chi connectivity index (χ0) is 38.7. The van der Waals surface area contributed by atoms with Gasteiger partial charge in [-0.05, 0) is 113 Å². The van der Waals surface area contributed by atoms with E-state index in [0.29, 0.717) is 30.0 Å². The summed E-state index contributed by atoms with van der Waals surface area (Å²) in [7, 11) is 3.40. The smallest absolute Gasteiger partial charge is 0.416 e. The van der Waals surface area contributed by atoms with Gasteiger partial charge in [-0.3, -0.25) is 14.4 Å². The lowest BCUT2D eigenvalue weighted by Crippen LogP contribution is -2.32. The highest BCUT2D eigenvalue weighted by atomic mass is 19.4. The number of pyridine rings is 1. The highest BCUT2D eigenvalue weighted by molar-refractivity contribution is 5.91. The molecule has 4 rings (SSSR count). The van der Waals surface area contributed by atoms with Crippen LogP contribution in [0.5, 0.6) is 0 Å². The quantitative estimate of drug-likeness (QED) is 0.0943. The van der Waals surface area contributed by atoms with E-state index >= 15 is 8.78 Å². The lowest BCUT2D eigenvalue weighted by molar-refractivity contribution is -0.143. The molecule has 0 radical (unpaired) electrons. The molecule has 0 aliphatic heterocycles. The molecule has 0 spiro atoms. The minimum atomic E-state index is -4.80. The molecule has 2 atom stereocenters. The van der Waals surface area contributed by atoms with Crippen LogP contribution >= 0.6 is 0 Å². The van der Waals surface area contributed by atoms with Gasteiger partial charge in [-0.15, -0.1) is 0 Å². The van der Waals surface area contributed by atoms with Crippen molar-refractivity contribution in [3.8, 4) is 11.1 Å². The summed E-state index contributed by atoms with van der Waals surface area (Å²) in [6.45, 7) is 11.0. The van der Waals surface area contributed by atoms with E-state index in [1.165, 1.54) is 6.07 Å². The van der Waals surface area contributed by atoms with Crippen molar-refractivity contribution in [2.45, 2.75) is 97.7 Å². The third-order valence-electron chi connectivity index (χ3n) is 9.28. The van der Waals surface area contributed by atoms with E-state index in [1.807, 2.05) is 32.9 Å². The number of rotatable bonds is 14. The monoisotopic (exact) mass is 729 g/mol. The molecule has 1 amide bonds. The second-order valence-electron chi connectivity index (χ2n) is 14.5. The Labute approximate surface area is 301 Å². The molecule has 0 saturated heterocycles. The maximum atomic E-state index is 16.8. The standard InChI is InChI=1S/C40H48F5N3O4/c1-9-52-34(50)17-28(36-37(41)29(26-10-11-26)18-30(38(36)42)35-24(5)15-23(4)16-25(35)6)20-46-39(51)32(14-22(2)3)48-21-27(12-13-47(7)8)31(19-33(48)49)40(43,44)45/h15-16,18-22,26,28,32H,9-14,17H2,1-8H3/b46-20+. The molecular weight excluding hydrogens is 681 g/mol. The molecule has 12 heteroatoms. The molecular formula is C40H48F5N3O4. The summed E-state index contributed by atoms with van der Waals surface area (Å²) in [5.41, 5.74) is 0.889. The van der Waals surface area contributed by atoms with Gasteiger partial charge in [0.15, 0.2) is 0 Å². The lowest BCUT2D eigenvalue weighted by Gasteiger charge is -2.23. The third-order valence-corrected chi connectivity index (χ3v) is 9.28. The van der Waals surface area contributed by atoms with E-state index < -0.39 is 64.8 Å². The van der Waals surface area contributed by atoms with Crippen LogP contribution in [0.1, 0.15) is 103 Å². The summed E-state index contributed by atoms with van der Waals surface area (Å²) in [6.07, 6.45) is -1.88. The molecule has 1 aliphatic carbocycles. The molecule has 1 saturated carbocycles. The number of benzene rings is 2. The van der Waals surface area contributed by atoms with Gasteiger partial charge in [0, 0.05) is 42.1 Å². The van der Waals surface area contributed by atoms with Crippen molar-refractivity contribution in [1.29, 1.82) is 0 Å². The van der Waals surface area contributed by atoms with Crippen LogP contribution in [0.2, 0.25) is 0 Å². The molecule has 2 unspecified atom stereocenters. The Morgan fingerprint density at radius 3 is 2.21 bits per heavy atom. The van der Waals surface area contributed by atoms with Gasteiger partial charge in [0.2, 0.25) is 0 Å². The molecule has 1 aromatic heterocycles. The Balaban J connectivity index is 1.88. The Morgan fingerprint density at radius 2 is 1.67 bits per heavy atom. The van der Waals surface area contributed by atoms with Crippen molar-refractivity contribution < 1.29 is 36.3 Å². The number of halogens is 5. The van der Waals surface area contributed by atoms with Crippen molar-refractivity contribution in [3.63, 3.8) is 0 Å². The number of carbonyl (C=O) groups is 2. The van der Waals surface area contributed by atoms with E-state index in [4.69, 9.17) is 4.74 Å². The van der Waals surface area contributed by atoms with Gasteiger partial charge in [0.1, 0.15) is 17.7 Å². The molecule has 1 heterocycles. The first kappa shape index (κ1) is 40.6. The van der Waals surface area contributed by atoms with Crippen LogP contribution in [-0.2, 0) is 26.9 Å². The first-order valence-corrected chi connectivity index (χ1v) is 17.6. The van der Waals surface area contributed by atoms with Gasteiger partial charge in [0.05, 0.1) is 18.6 Å². The van der Waals surface area contributed by atoms with Gasteiger partial charge in [-0.2, -0.15) is 13.2 Å². The number of hydrogen-bond donors (Lipinski definition) is 0. The second-order valence-corrected chi connectivity index (χ2v) is 14.5. The Hall–Kier alpha value is -4.19. The first-order valence-electron chi connectivity index (χ1n) is 17.6. The van der Waals surface area contributed by atoms with E-state index in [1.54, 1.807) is 39.8 Å². The van der Waals surface area contributed by atoms with Crippen molar-refractivity contribution in [1.82, 2.24) is 9.47 Å². The average molecular weight is 730 g/mol.